The van der Waals surface area contributed by atoms with Crippen LogP contribution in [0.15, 0.2) is 41.8 Å². The second kappa shape index (κ2) is 10.7. The number of rotatable bonds is 10. The number of hydrogen-bond acceptors (Lipinski definition) is 5. The normalized spacial score (nSPS) is 18.5. The first kappa shape index (κ1) is 22.5. The molecule has 162 valence electrons. The Morgan fingerprint density at radius 2 is 2.00 bits per heavy atom. The highest BCUT2D eigenvalue weighted by atomic mass is 32.1. The van der Waals surface area contributed by atoms with Crippen LogP contribution in [0.25, 0.3) is 0 Å². The summed E-state index contributed by atoms with van der Waals surface area (Å²) in [6.07, 6.45) is 0.920. The molecule has 0 unspecified atom stereocenters. The van der Waals surface area contributed by atoms with Crippen molar-refractivity contribution in [2.24, 2.45) is 0 Å². The molecule has 6 nitrogen and oxygen atoms in total. The number of methoxy groups -OCH3 is 1. The van der Waals surface area contributed by atoms with Crippen molar-refractivity contribution >= 4 is 23.2 Å². The van der Waals surface area contributed by atoms with Crippen LogP contribution in [0, 0.1) is 0 Å². The van der Waals surface area contributed by atoms with Gasteiger partial charge in [0.05, 0.1) is 24.7 Å². The van der Waals surface area contributed by atoms with E-state index in [0.717, 1.165) is 16.9 Å². The average Bonchev–Trinajstić information content (AvgIpc) is 3.26. The Morgan fingerprint density at radius 1 is 1.20 bits per heavy atom. The van der Waals surface area contributed by atoms with Crippen LogP contribution in [0.2, 0.25) is 0 Å². The topological polar surface area (TPSA) is 67.9 Å². The summed E-state index contributed by atoms with van der Waals surface area (Å²) in [5, 5.41) is 5.05. The zero-order valence-electron chi connectivity index (χ0n) is 17.8. The van der Waals surface area contributed by atoms with E-state index in [2.05, 4.69) is 5.32 Å². The molecular formula is C23H30N2O4S. The molecule has 0 bridgehead atoms. The van der Waals surface area contributed by atoms with E-state index in [1.165, 1.54) is 0 Å². The smallest absolute Gasteiger partial charge is 0.254 e. The molecule has 0 spiro atoms. The minimum atomic E-state index is -0.472. The quantitative estimate of drug-likeness (QED) is 0.585. The van der Waals surface area contributed by atoms with Gasteiger partial charge >= 0.3 is 0 Å². The van der Waals surface area contributed by atoms with Crippen LogP contribution in [0.3, 0.4) is 0 Å². The van der Waals surface area contributed by atoms with E-state index in [9.17, 15) is 9.59 Å². The molecule has 0 aliphatic carbocycles. The molecule has 7 heteroatoms. The lowest BCUT2D eigenvalue weighted by molar-refractivity contribution is -0.124. The summed E-state index contributed by atoms with van der Waals surface area (Å²) < 4.78 is 10.8. The molecule has 2 aromatic rings. The van der Waals surface area contributed by atoms with Crippen molar-refractivity contribution in [3.05, 3.63) is 57.8 Å². The van der Waals surface area contributed by atoms with Gasteiger partial charge in [-0.25, -0.2) is 0 Å². The van der Waals surface area contributed by atoms with Gasteiger partial charge in [-0.15, -0.1) is 11.3 Å². The van der Waals surface area contributed by atoms with Gasteiger partial charge in [-0.05, 0) is 43.3 Å². The monoisotopic (exact) mass is 430 g/mol. The lowest BCUT2D eigenvalue weighted by Gasteiger charge is -2.41. The molecule has 1 N–H and O–H groups in total. The predicted molar refractivity (Wildman–Crippen MR) is 118 cm³/mol. The van der Waals surface area contributed by atoms with Gasteiger partial charge in [0, 0.05) is 37.2 Å². The van der Waals surface area contributed by atoms with Gasteiger partial charge < -0.3 is 19.7 Å². The summed E-state index contributed by atoms with van der Waals surface area (Å²) >= 11 is 1.56. The fourth-order valence-corrected chi connectivity index (χ4v) is 4.67. The first-order chi connectivity index (χ1) is 14.5. The van der Waals surface area contributed by atoms with Crippen LogP contribution < -0.4 is 5.32 Å². The largest absolute Gasteiger partial charge is 0.383 e. The van der Waals surface area contributed by atoms with Gasteiger partial charge in [0.1, 0.15) is 0 Å². The third-order valence-corrected chi connectivity index (χ3v) is 6.11. The van der Waals surface area contributed by atoms with Crippen molar-refractivity contribution in [1.82, 2.24) is 10.2 Å². The number of carbonyl (C=O) groups excluding carboxylic acids is 2. The molecule has 2 atom stereocenters. The highest BCUT2D eigenvalue weighted by Crippen LogP contribution is 2.44. The van der Waals surface area contributed by atoms with Crippen LogP contribution >= 0.6 is 11.3 Å². The Labute approximate surface area is 182 Å². The predicted octanol–water partition coefficient (Wildman–Crippen LogP) is 3.61. The molecule has 30 heavy (non-hydrogen) atoms. The number of nitrogens with zero attached hydrogens (tertiary/aromatic N) is 1. The Kier molecular flexibility index (Phi) is 8.01. The van der Waals surface area contributed by atoms with E-state index >= 15 is 0 Å². The van der Waals surface area contributed by atoms with E-state index in [0.29, 0.717) is 31.9 Å². The SMILES string of the molecule is COCCN1C(=O)c2ccccc2[C@H](C(=O)NCCCOC(C)C)[C@H]1c1cccs1. The Hall–Kier alpha value is -2.22. The summed E-state index contributed by atoms with van der Waals surface area (Å²) in [6, 6.07) is 11.0. The standard InChI is InChI=1S/C23H30N2O4S/c1-16(2)29-13-7-11-24-22(26)20-17-8-4-5-9-18(17)23(27)25(12-14-28-3)21(20)19-10-6-15-30-19/h4-6,8-10,15-16,20-21H,7,11-14H2,1-3H3,(H,24,26)/t20-,21+/m0/s1. The van der Waals surface area contributed by atoms with Crippen LogP contribution in [-0.2, 0) is 14.3 Å². The molecule has 1 aromatic heterocycles. The van der Waals surface area contributed by atoms with Gasteiger partial charge in [0.15, 0.2) is 0 Å². The van der Waals surface area contributed by atoms with Crippen LogP contribution in [0.1, 0.15) is 53.0 Å². The second-order valence-corrected chi connectivity index (χ2v) is 8.56. The Balaban J connectivity index is 1.89. The molecule has 1 aromatic carbocycles. The fourth-order valence-electron chi connectivity index (χ4n) is 3.80. The maximum Gasteiger partial charge on any atom is 0.254 e. The van der Waals surface area contributed by atoms with Crippen molar-refractivity contribution in [3.8, 4) is 0 Å². The van der Waals surface area contributed by atoms with E-state index in [1.807, 2.05) is 49.6 Å². The maximum absolute atomic E-state index is 13.4. The van der Waals surface area contributed by atoms with Crippen molar-refractivity contribution < 1.29 is 19.1 Å². The number of nitrogens with one attached hydrogen (secondary N) is 1. The van der Waals surface area contributed by atoms with Crippen molar-refractivity contribution in [3.63, 3.8) is 0 Å². The van der Waals surface area contributed by atoms with Gasteiger partial charge in [-0.2, -0.15) is 0 Å². The van der Waals surface area contributed by atoms with Gasteiger partial charge in [-0.3, -0.25) is 9.59 Å². The summed E-state index contributed by atoms with van der Waals surface area (Å²) in [6.45, 7) is 5.97. The molecule has 2 heterocycles. The Bertz CT molecular complexity index is 837. The van der Waals surface area contributed by atoms with Gasteiger partial charge in [0.2, 0.25) is 5.91 Å². The Morgan fingerprint density at radius 3 is 2.70 bits per heavy atom. The molecular weight excluding hydrogens is 400 g/mol. The zero-order chi connectivity index (χ0) is 21.5. The molecule has 1 aliphatic rings. The van der Waals surface area contributed by atoms with E-state index in [4.69, 9.17) is 9.47 Å². The number of fused-ring (bicyclic) bond motifs is 1. The summed E-state index contributed by atoms with van der Waals surface area (Å²) in [5.41, 5.74) is 1.37. The summed E-state index contributed by atoms with van der Waals surface area (Å²) in [5.74, 6) is -0.601. The number of carbonyl (C=O) groups is 2. The van der Waals surface area contributed by atoms with Crippen molar-refractivity contribution in [1.29, 1.82) is 0 Å². The first-order valence-corrected chi connectivity index (χ1v) is 11.2. The molecule has 0 saturated carbocycles. The van der Waals surface area contributed by atoms with Crippen LogP contribution in [0.5, 0.6) is 0 Å². The van der Waals surface area contributed by atoms with E-state index < -0.39 is 5.92 Å². The summed E-state index contributed by atoms with van der Waals surface area (Å²) in [7, 11) is 1.62. The van der Waals surface area contributed by atoms with Gasteiger partial charge in [-0.1, -0.05) is 24.3 Å². The number of ether oxygens (including phenoxy) is 2. The molecule has 0 radical (unpaired) electrons. The number of benzene rings is 1. The maximum atomic E-state index is 13.4. The number of thiophene rings is 1. The van der Waals surface area contributed by atoms with Crippen molar-refractivity contribution in [2.75, 3.05) is 33.4 Å². The molecule has 0 fully saturated rings. The first-order valence-electron chi connectivity index (χ1n) is 10.4. The van der Waals surface area contributed by atoms with E-state index in [1.54, 1.807) is 29.4 Å². The highest BCUT2D eigenvalue weighted by molar-refractivity contribution is 7.10. The van der Waals surface area contributed by atoms with Crippen LogP contribution in [0.4, 0.5) is 0 Å². The highest BCUT2D eigenvalue weighted by Gasteiger charge is 2.44. The molecule has 1 aliphatic heterocycles. The third kappa shape index (κ3) is 5.09. The lowest BCUT2D eigenvalue weighted by atomic mass is 9.81. The second-order valence-electron chi connectivity index (χ2n) is 7.58. The molecule has 2 amide bonds. The van der Waals surface area contributed by atoms with Crippen molar-refractivity contribution in [2.45, 2.75) is 38.3 Å². The van der Waals surface area contributed by atoms with E-state index in [-0.39, 0.29) is 24.0 Å². The minimum absolute atomic E-state index is 0.0598. The number of hydrogen-bond donors (Lipinski definition) is 1. The number of amides is 2. The average molecular weight is 431 g/mol. The minimum Gasteiger partial charge on any atom is -0.383 e. The van der Waals surface area contributed by atoms with Gasteiger partial charge in [0.25, 0.3) is 5.91 Å². The lowest BCUT2D eigenvalue weighted by Crippen LogP contribution is -2.48. The summed E-state index contributed by atoms with van der Waals surface area (Å²) in [4.78, 5) is 29.4. The molecule has 3 rings (SSSR count). The van der Waals surface area contributed by atoms with Crippen LogP contribution in [-0.4, -0.2) is 56.2 Å². The third-order valence-electron chi connectivity index (χ3n) is 5.16. The molecule has 0 saturated heterocycles. The fraction of sp³-hybridized carbons (Fsp3) is 0.478. The zero-order valence-corrected chi connectivity index (χ0v) is 18.6.